The van der Waals surface area contributed by atoms with Crippen LogP contribution in [0.2, 0.25) is 0 Å². The highest BCUT2D eigenvalue weighted by Crippen LogP contribution is 2.33. The number of aliphatic imine (C=N–C) groups is 1. The van der Waals surface area contributed by atoms with Crippen molar-refractivity contribution in [2.75, 3.05) is 11.1 Å². The molecule has 3 rings (SSSR count). The lowest BCUT2D eigenvalue weighted by atomic mass is 9.86. The summed E-state index contributed by atoms with van der Waals surface area (Å²) in [5, 5.41) is 13.7. The number of nitrogens with zero attached hydrogens (tertiary/aromatic N) is 2. The molecule has 2 heterocycles. The maximum atomic E-state index is 11.7. The van der Waals surface area contributed by atoms with Crippen molar-refractivity contribution in [3.8, 4) is 0 Å². The van der Waals surface area contributed by atoms with Gasteiger partial charge in [-0.1, -0.05) is 0 Å². The standard InChI is InChI=1S/C17H25N5O3S/c1-10(2)25-17(24)18-12-5-3-11(4-6-12)16-20-14(9-26-16)19-13-7-8-15(23)22-21-13/h7-8,10-12,14H,3-6,9H2,1-2H3,(H,18,24)(H,19,21)(H,22,23). The number of alkyl carbamates (subject to hydrolysis) is 1. The van der Waals surface area contributed by atoms with E-state index in [-0.39, 0.29) is 30.0 Å². The maximum absolute atomic E-state index is 11.7. The molecule has 142 valence electrons. The topological polar surface area (TPSA) is 108 Å². The molecule has 3 N–H and O–H groups in total. The summed E-state index contributed by atoms with van der Waals surface area (Å²) in [5.74, 6) is 1.93. The minimum absolute atomic E-state index is 0.0229. The van der Waals surface area contributed by atoms with E-state index in [2.05, 4.69) is 20.8 Å². The minimum atomic E-state index is -0.325. The maximum Gasteiger partial charge on any atom is 0.407 e. The molecular formula is C17H25N5O3S. The van der Waals surface area contributed by atoms with E-state index in [1.54, 1.807) is 17.8 Å². The second-order valence-corrected chi connectivity index (χ2v) is 7.93. The fourth-order valence-electron chi connectivity index (χ4n) is 3.18. The monoisotopic (exact) mass is 379 g/mol. The van der Waals surface area contributed by atoms with Crippen molar-refractivity contribution < 1.29 is 9.53 Å². The Morgan fingerprint density at radius 2 is 2.08 bits per heavy atom. The summed E-state index contributed by atoms with van der Waals surface area (Å²) in [7, 11) is 0. The van der Waals surface area contributed by atoms with Crippen LogP contribution in [-0.4, -0.2) is 45.4 Å². The summed E-state index contributed by atoms with van der Waals surface area (Å²) in [6.07, 6.45) is 3.47. The van der Waals surface area contributed by atoms with Gasteiger partial charge in [0.05, 0.1) is 11.1 Å². The number of ether oxygens (including phenoxy) is 1. The van der Waals surface area contributed by atoms with E-state index in [9.17, 15) is 9.59 Å². The zero-order valence-electron chi connectivity index (χ0n) is 15.0. The van der Waals surface area contributed by atoms with Gasteiger partial charge < -0.3 is 15.4 Å². The number of thioether (sulfide) groups is 1. The number of aromatic amines is 1. The van der Waals surface area contributed by atoms with Crippen molar-refractivity contribution in [1.82, 2.24) is 15.5 Å². The Morgan fingerprint density at radius 3 is 2.73 bits per heavy atom. The van der Waals surface area contributed by atoms with Crippen molar-refractivity contribution in [3.05, 3.63) is 22.5 Å². The Labute approximate surface area is 156 Å². The van der Waals surface area contributed by atoms with Crippen molar-refractivity contribution >= 4 is 28.7 Å². The van der Waals surface area contributed by atoms with Gasteiger partial charge in [-0.3, -0.25) is 9.79 Å². The van der Waals surface area contributed by atoms with Crippen molar-refractivity contribution in [2.45, 2.75) is 57.8 Å². The average molecular weight is 379 g/mol. The van der Waals surface area contributed by atoms with Crippen LogP contribution >= 0.6 is 11.8 Å². The minimum Gasteiger partial charge on any atom is -0.447 e. The number of nitrogens with one attached hydrogen (secondary N) is 3. The molecule has 1 aliphatic heterocycles. The summed E-state index contributed by atoms with van der Waals surface area (Å²) in [5.41, 5.74) is -0.219. The molecule has 1 unspecified atom stereocenters. The van der Waals surface area contributed by atoms with Gasteiger partial charge in [-0.25, -0.2) is 9.89 Å². The Balaban J connectivity index is 1.46. The molecule has 26 heavy (non-hydrogen) atoms. The number of anilines is 1. The van der Waals surface area contributed by atoms with Crippen LogP contribution in [0.5, 0.6) is 0 Å². The zero-order valence-corrected chi connectivity index (χ0v) is 15.8. The Kier molecular flexibility index (Phi) is 6.18. The second kappa shape index (κ2) is 8.57. The number of rotatable bonds is 5. The molecule has 8 nitrogen and oxygen atoms in total. The van der Waals surface area contributed by atoms with Gasteiger partial charge in [-0.15, -0.1) is 11.8 Å². The van der Waals surface area contributed by atoms with Crippen molar-refractivity contribution in [2.24, 2.45) is 10.9 Å². The molecule has 2 aliphatic rings. The van der Waals surface area contributed by atoms with Gasteiger partial charge in [0.1, 0.15) is 12.0 Å². The third kappa shape index (κ3) is 5.23. The molecule has 0 spiro atoms. The number of aromatic nitrogens is 2. The number of amides is 1. The van der Waals surface area contributed by atoms with E-state index in [4.69, 9.17) is 9.73 Å². The molecular weight excluding hydrogens is 354 g/mol. The molecule has 1 saturated carbocycles. The van der Waals surface area contributed by atoms with Gasteiger partial charge in [0.25, 0.3) is 5.56 Å². The lowest BCUT2D eigenvalue weighted by molar-refractivity contribution is 0.109. The predicted molar refractivity (Wildman–Crippen MR) is 103 cm³/mol. The zero-order chi connectivity index (χ0) is 18.5. The molecule has 1 aromatic heterocycles. The van der Waals surface area contributed by atoms with Gasteiger partial charge in [-0.05, 0) is 45.6 Å². The molecule has 1 atom stereocenters. The summed E-state index contributed by atoms with van der Waals surface area (Å²) >= 11 is 1.78. The lowest BCUT2D eigenvalue weighted by Gasteiger charge is -2.28. The summed E-state index contributed by atoms with van der Waals surface area (Å²) in [4.78, 5) is 27.5. The van der Waals surface area contributed by atoms with E-state index in [1.165, 1.54) is 11.1 Å². The van der Waals surface area contributed by atoms with Crippen LogP contribution in [0.3, 0.4) is 0 Å². The second-order valence-electron chi connectivity index (χ2n) is 6.89. The van der Waals surface area contributed by atoms with Crippen LogP contribution in [0.1, 0.15) is 39.5 Å². The van der Waals surface area contributed by atoms with Crippen LogP contribution in [0.25, 0.3) is 0 Å². The highest BCUT2D eigenvalue weighted by molar-refractivity contribution is 8.14. The van der Waals surface area contributed by atoms with Crippen molar-refractivity contribution in [1.29, 1.82) is 0 Å². The van der Waals surface area contributed by atoms with Gasteiger partial charge in [0.15, 0.2) is 0 Å². The van der Waals surface area contributed by atoms with Gasteiger partial charge in [0.2, 0.25) is 0 Å². The van der Waals surface area contributed by atoms with Crippen LogP contribution in [-0.2, 0) is 4.74 Å². The van der Waals surface area contributed by atoms with E-state index >= 15 is 0 Å². The van der Waals surface area contributed by atoms with Crippen LogP contribution in [0.15, 0.2) is 21.9 Å². The summed E-state index contributed by atoms with van der Waals surface area (Å²) in [6.45, 7) is 3.69. The fraction of sp³-hybridized carbons (Fsp3) is 0.647. The third-order valence-corrected chi connectivity index (χ3v) is 5.62. The van der Waals surface area contributed by atoms with Crippen LogP contribution < -0.4 is 16.2 Å². The van der Waals surface area contributed by atoms with Gasteiger partial charge in [-0.2, -0.15) is 5.10 Å². The first-order valence-electron chi connectivity index (χ1n) is 8.99. The number of hydrogen-bond donors (Lipinski definition) is 3. The molecule has 1 aliphatic carbocycles. The first-order chi connectivity index (χ1) is 12.5. The third-order valence-electron chi connectivity index (χ3n) is 4.41. The molecule has 9 heteroatoms. The normalized spacial score (nSPS) is 25.7. The first-order valence-corrected chi connectivity index (χ1v) is 9.98. The Morgan fingerprint density at radius 1 is 1.31 bits per heavy atom. The fourth-order valence-corrected chi connectivity index (χ4v) is 4.34. The van der Waals surface area contributed by atoms with Crippen molar-refractivity contribution in [3.63, 3.8) is 0 Å². The summed E-state index contributed by atoms with van der Waals surface area (Å²) in [6, 6.07) is 3.29. The summed E-state index contributed by atoms with van der Waals surface area (Å²) < 4.78 is 5.14. The Hall–Kier alpha value is -2.03. The highest BCUT2D eigenvalue weighted by atomic mass is 32.2. The molecule has 0 radical (unpaired) electrons. The largest absolute Gasteiger partial charge is 0.447 e. The molecule has 1 fully saturated rings. The predicted octanol–water partition coefficient (Wildman–Crippen LogP) is 2.35. The van der Waals surface area contributed by atoms with Gasteiger partial charge in [0, 0.05) is 23.8 Å². The van der Waals surface area contributed by atoms with Crippen LogP contribution in [0.4, 0.5) is 10.6 Å². The number of carbonyl (C=O) groups excluding carboxylic acids is 1. The molecule has 0 bridgehead atoms. The number of hydrogen-bond acceptors (Lipinski definition) is 7. The molecule has 0 aromatic carbocycles. The number of H-pyrrole nitrogens is 1. The first kappa shape index (κ1) is 18.8. The molecule has 0 saturated heterocycles. The highest BCUT2D eigenvalue weighted by Gasteiger charge is 2.30. The number of carbonyl (C=O) groups is 1. The quantitative estimate of drug-likeness (QED) is 0.725. The van der Waals surface area contributed by atoms with E-state index < -0.39 is 0 Å². The molecule has 1 aromatic rings. The Bertz CT molecular complexity index is 692. The smallest absolute Gasteiger partial charge is 0.407 e. The van der Waals surface area contributed by atoms with Gasteiger partial charge >= 0.3 is 6.09 Å². The van der Waals surface area contributed by atoms with E-state index in [0.29, 0.717) is 11.7 Å². The average Bonchev–Trinajstić information content (AvgIpc) is 3.05. The molecule has 1 amide bonds. The SMILES string of the molecule is CC(C)OC(=O)NC1CCC(C2=NC(Nc3ccc(=O)[nH]n3)CS2)CC1. The van der Waals surface area contributed by atoms with E-state index in [0.717, 1.165) is 31.4 Å². The van der Waals surface area contributed by atoms with E-state index in [1.807, 2.05) is 13.8 Å². The lowest BCUT2D eigenvalue weighted by Crippen LogP contribution is -2.39. The van der Waals surface area contributed by atoms with Crippen LogP contribution in [0, 0.1) is 5.92 Å².